The molecule has 3 N–H and O–H groups in total. The van der Waals surface area contributed by atoms with Crippen molar-refractivity contribution in [2.45, 2.75) is 49.4 Å². The van der Waals surface area contributed by atoms with E-state index in [9.17, 15) is 9.59 Å². The molecule has 1 aliphatic carbocycles. The number of nitrogens with zero attached hydrogens (tertiary/aromatic N) is 2. The van der Waals surface area contributed by atoms with E-state index in [0.717, 1.165) is 17.8 Å². The monoisotopic (exact) mass is 387 g/mol. The Bertz CT molecular complexity index is 758. The zero-order valence-corrected chi connectivity index (χ0v) is 16.2. The predicted molar refractivity (Wildman–Crippen MR) is 104 cm³/mol. The van der Waals surface area contributed by atoms with Crippen molar-refractivity contribution >= 4 is 23.7 Å². The number of carbonyl (C=O) groups excluding carboxylic acids is 2. The van der Waals surface area contributed by atoms with Gasteiger partial charge in [-0.05, 0) is 18.4 Å². The number of urea groups is 1. The molecule has 3 amide bonds. The van der Waals surface area contributed by atoms with Crippen molar-refractivity contribution in [2.75, 3.05) is 6.54 Å². The summed E-state index contributed by atoms with van der Waals surface area (Å²) in [5, 5.41) is 12.1. The third-order valence-electron chi connectivity index (χ3n) is 4.61. The molecular weight excluding hydrogens is 362 g/mol. The van der Waals surface area contributed by atoms with Crippen LogP contribution >= 0.6 is 11.8 Å². The van der Waals surface area contributed by atoms with E-state index in [1.165, 1.54) is 37.4 Å². The number of amides is 3. The summed E-state index contributed by atoms with van der Waals surface area (Å²) in [6.45, 7) is 2.25. The Morgan fingerprint density at radius 1 is 1.26 bits per heavy atom. The Balaban J connectivity index is 1.70. The molecule has 0 spiro atoms. The molecule has 1 atom stereocenters. The second kappa shape index (κ2) is 9.55. The molecule has 0 unspecified atom stereocenters. The van der Waals surface area contributed by atoms with Crippen LogP contribution < -0.4 is 10.6 Å². The summed E-state index contributed by atoms with van der Waals surface area (Å²) in [7, 11) is 0. The molecular formula is C19H25N5O2S. The zero-order valence-electron chi connectivity index (χ0n) is 15.4. The van der Waals surface area contributed by atoms with Gasteiger partial charge in [0.25, 0.3) is 0 Å². The van der Waals surface area contributed by atoms with E-state index >= 15 is 0 Å². The topological polar surface area (TPSA) is 99.8 Å². The van der Waals surface area contributed by atoms with Crippen LogP contribution in [0.3, 0.4) is 0 Å². The second-order valence-corrected chi connectivity index (χ2v) is 7.75. The number of aromatic nitrogens is 3. The van der Waals surface area contributed by atoms with Gasteiger partial charge in [-0.2, -0.15) is 0 Å². The van der Waals surface area contributed by atoms with Crippen LogP contribution in [0.15, 0.2) is 35.5 Å². The van der Waals surface area contributed by atoms with Crippen LogP contribution in [-0.2, 0) is 11.2 Å². The Morgan fingerprint density at radius 2 is 2.00 bits per heavy atom. The molecule has 2 aromatic rings. The molecule has 8 heteroatoms. The fraction of sp³-hybridized carbons (Fsp3) is 0.474. The van der Waals surface area contributed by atoms with Gasteiger partial charge >= 0.3 is 6.03 Å². The number of carbonyl (C=O) groups is 2. The number of hydrogen-bond donors (Lipinski definition) is 3. The molecule has 1 fully saturated rings. The van der Waals surface area contributed by atoms with E-state index in [4.69, 9.17) is 0 Å². The number of benzene rings is 1. The maximum atomic E-state index is 12.7. The highest BCUT2D eigenvalue weighted by molar-refractivity contribution is 8.00. The number of hydrogen-bond acceptors (Lipinski definition) is 5. The number of rotatable bonds is 7. The minimum Gasteiger partial charge on any atom is -0.338 e. The highest BCUT2D eigenvalue weighted by atomic mass is 32.2. The molecule has 0 saturated heterocycles. The van der Waals surface area contributed by atoms with E-state index in [1.54, 1.807) is 6.92 Å². The van der Waals surface area contributed by atoms with Crippen LogP contribution in [-0.4, -0.2) is 33.7 Å². The molecule has 1 saturated carbocycles. The average Bonchev–Trinajstić information content (AvgIpc) is 3.33. The van der Waals surface area contributed by atoms with Gasteiger partial charge in [-0.3, -0.25) is 15.2 Å². The largest absolute Gasteiger partial charge is 0.338 e. The minimum absolute atomic E-state index is 0.390. The highest BCUT2D eigenvalue weighted by Gasteiger charge is 2.26. The van der Waals surface area contributed by atoms with E-state index in [-0.39, 0.29) is 5.91 Å². The number of imide groups is 1. The van der Waals surface area contributed by atoms with Gasteiger partial charge in [0.05, 0.1) is 0 Å². The maximum absolute atomic E-state index is 12.7. The molecule has 27 heavy (non-hydrogen) atoms. The fourth-order valence-electron chi connectivity index (χ4n) is 3.30. The van der Waals surface area contributed by atoms with Crippen LogP contribution in [0.1, 0.15) is 49.2 Å². The van der Waals surface area contributed by atoms with Gasteiger partial charge in [-0.25, -0.2) is 9.78 Å². The lowest BCUT2D eigenvalue weighted by Gasteiger charge is -2.14. The Morgan fingerprint density at radius 3 is 2.70 bits per heavy atom. The number of H-pyrrole nitrogens is 1. The van der Waals surface area contributed by atoms with Crippen molar-refractivity contribution in [1.82, 2.24) is 25.8 Å². The third-order valence-corrected chi connectivity index (χ3v) is 5.72. The number of aromatic amines is 1. The lowest BCUT2D eigenvalue weighted by Crippen LogP contribution is -2.41. The van der Waals surface area contributed by atoms with Gasteiger partial charge in [0.1, 0.15) is 11.1 Å². The first kappa shape index (κ1) is 19.4. The van der Waals surface area contributed by atoms with Crippen molar-refractivity contribution in [3.8, 4) is 0 Å². The van der Waals surface area contributed by atoms with Crippen LogP contribution in [0.5, 0.6) is 0 Å². The molecule has 1 aliphatic rings. The molecule has 1 heterocycles. The van der Waals surface area contributed by atoms with Crippen molar-refractivity contribution < 1.29 is 9.59 Å². The molecule has 3 rings (SSSR count). The first-order chi connectivity index (χ1) is 13.2. The molecule has 1 aromatic carbocycles. The lowest BCUT2D eigenvalue weighted by atomic mass is 10.0. The van der Waals surface area contributed by atoms with Crippen molar-refractivity contribution in [2.24, 2.45) is 5.92 Å². The zero-order chi connectivity index (χ0) is 19.1. The van der Waals surface area contributed by atoms with Crippen molar-refractivity contribution in [3.05, 3.63) is 41.7 Å². The first-order valence-electron chi connectivity index (χ1n) is 9.37. The smallest absolute Gasteiger partial charge is 0.321 e. The average molecular weight is 388 g/mol. The molecule has 7 nitrogen and oxygen atoms in total. The standard InChI is InChI=1S/C19H25N5O2S/c1-2-20-18(26)22-17(25)16(14-10-4-3-5-11-14)27-19-21-15(23-24-19)12-13-8-6-7-9-13/h3-5,10-11,13,16H,2,6-9,12H2,1H3,(H,21,23,24)(H2,20,22,25,26)/t16-/m0/s1. The minimum atomic E-state index is -0.607. The summed E-state index contributed by atoms with van der Waals surface area (Å²) < 4.78 is 0. The Labute approximate surface area is 163 Å². The van der Waals surface area contributed by atoms with Crippen LogP contribution in [0.4, 0.5) is 4.79 Å². The van der Waals surface area contributed by atoms with Crippen molar-refractivity contribution in [3.63, 3.8) is 0 Å². The highest BCUT2D eigenvalue weighted by Crippen LogP contribution is 2.34. The Hall–Kier alpha value is -2.35. The maximum Gasteiger partial charge on any atom is 0.321 e. The summed E-state index contributed by atoms with van der Waals surface area (Å²) in [4.78, 5) is 29.0. The lowest BCUT2D eigenvalue weighted by molar-refractivity contribution is -0.119. The summed E-state index contributed by atoms with van der Waals surface area (Å²) >= 11 is 1.24. The van der Waals surface area contributed by atoms with Gasteiger partial charge in [0.2, 0.25) is 11.1 Å². The van der Waals surface area contributed by atoms with E-state index in [2.05, 4.69) is 25.8 Å². The van der Waals surface area contributed by atoms with Gasteiger partial charge in [-0.15, -0.1) is 5.10 Å². The summed E-state index contributed by atoms with van der Waals surface area (Å²) in [5.41, 5.74) is 0.798. The van der Waals surface area contributed by atoms with Gasteiger partial charge in [0, 0.05) is 13.0 Å². The third kappa shape index (κ3) is 5.56. The summed E-state index contributed by atoms with van der Waals surface area (Å²) in [6.07, 6.45) is 5.96. The normalized spacial score (nSPS) is 15.4. The van der Waals surface area contributed by atoms with E-state index < -0.39 is 11.3 Å². The molecule has 144 valence electrons. The second-order valence-electron chi connectivity index (χ2n) is 6.68. The van der Waals surface area contributed by atoms with Gasteiger partial charge in [-0.1, -0.05) is 67.8 Å². The quantitative estimate of drug-likeness (QED) is 0.634. The number of thioether (sulfide) groups is 1. The SMILES string of the molecule is CCNC(=O)NC(=O)[C@@H](Sc1n[nH]c(CC2CCCC2)n1)c1ccccc1. The van der Waals surface area contributed by atoms with Crippen LogP contribution in [0, 0.1) is 5.92 Å². The summed E-state index contributed by atoms with van der Waals surface area (Å²) in [6, 6.07) is 8.85. The van der Waals surface area contributed by atoms with E-state index in [0.29, 0.717) is 17.6 Å². The number of nitrogens with one attached hydrogen (secondary N) is 3. The molecule has 0 bridgehead atoms. The molecule has 0 radical (unpaired) electrons. The fourth-order valence-corrected chi connectivity index (χ4v) is 4.23. The van der Waals surface area contributed by atoms with E-state index in [1.807, 2.05) is 30.3 Å². The Kier molecular flexibility index (Phi) is 6.86. The predicted octanol–water partition coefficient (Wildman–Crippen LogP) is 3.22. The van der Waals surface area contributed by atoms with Crippen LogP contribution in [0.25, 0.3) is 0 Å². The van der Waals surface area contributed by atoms with Crippen molar-refractivity contribution in [1.29, 1.82) is 0 Å². The molecule has 1 aromatic heterocycles. The van der Waals surface area contributed by atoms with Gasteiger partial charge < -0.3 is 5.32 Å². The summed E-state index contributed by atoms with van der Waals surface area (Å²) in [5.74, 6) is 1.14. The first-order valence-corrected chi connectivity index (χ1v) is 10.2. The molecule has 0 aliphatic heterocycles. The van der Waals surface area contributed by atoms with Crippen LogP contribution in [0.2, 0.25) is 0 Å². The van der Waals surface area contributed by atoms with Gasteiger partial charge in [0.15, 0.2) is 0 Å².